The second kappa shape index (κ2) is 15.0. The SMILES string of the molecule is c1ccc(-c2ccc3cc(-c4c5ccccc5c(-c5ccc(-c6ccc7c(c6)c6c(-c8ccccc8)nccc6n7-c6ccccc6)c6ccccc56)c5ccccc45)ccc3c2)cc1. The van der Waals surface area contributed by atoms with Crippen molar-refractivity contribution < 1.29 is 0 Å². The Balaban J connectivity index is 1.00. The molecule has 65 heavy (non-hydrogen) atoms. The van der Waals surface area contributed by atoms with Crippen LogP contribution in [0.25, 0.3) is 126 Å². The fourth-order valence-electron chi connectivity index (χ4n) is 10.5. The second-order valence-electron chi connectivity index (χ2n) is 17.0. The minimum absolute atomic E-state index is 0.989. The van der Waals surface area contributed by atoms with Crippen molar-refractivity contribution in [1.82, 2.24) is 9.55 Å². The average Bonchev–Trinajstić information content (AvgIpc) is 3.72. The third-order valence-electron chi connectivity index (χ3n) is 13.4. The number of benzene rings is 11. The van der Waals surface area contributed by atoms with Crippen molar-refractivity contribution in [2.45, 2.75) is 0 Å². The number of para-hydroxylation sites is 1. The van der Waals surface area contributed by atoms with E-state index in [0.29, 0.717) is 0 Å². The first kappa shape index (κ1) is 37.0. The largest absolute Gasteiger partial charge is 0.309 e. The first-order valence-corrected chi connectivity index (χ1v) is 22.4. The zero-order valence-electron chi connectivity index (χ0n) is 35.5. The maximum absolute atomic E-state index is 5.02. The molecule has 0 amide bonds. The Hall–Kier alpha value is -8.59. The summed E-state index contributed by atoms with van der Waals surface area (Å²) in [6.45, 7) is 0. The fraction of sp³-hybridized carbons (Fsp3) is 0. The molecule has 0 atom stereocenters. The maximum Gasteiger partial charge on any atom is 0.0802 e. The molecule has 2 nitrogen and oxygen atoms in total. The van der Waals surface area contributed by atoms with Crippen LogP contribution in [0.15, 0.2) is 243 Å². The van der Waals surface area contributed by atoms with E-state index in [1.807, 2.05) is 6.20 Å². The van der Waals surface area contributed by atoms with Crippen molar-refractivity contribution in [3.05, 3.63) is 243 Å². The van der Waals surface area contributed by atoms with Gasteiger partial charge >= 0.3 is 0 Å². The Bertz CT molecular complexity index is 3920. The number of aromatic nitrogens is 2. The predicted molar refractivity (Wildman–Crippen MR) is 276 cm³/mol. The van der Waals surface area contributed by atoms with E-state index in [1.165, 1.54) is 93.0 Å². The first-order chi connectivity index (χ1) is 32.3. The van der Waals surface area contributed by atoms with Crippen LogP contribution in [0.5, 0.6) is 0 Å². The Morgan fingerprint density at radius 2 is 0.800 bits per heavy atom. The lowest BCUT2D eigenvalue weighted by Crippen LogP contribution is -1.94. The number of fused-ring (bicyclic) bond motifs is 7. The zero-order chi connectivity index (χ0) is 42.8. The van der Waals surface area contributed by atoms with Gasteiger partial charge in [0.15, 0.2) is 0 Å². The molecule has 0 unspecified atom stereocenters. The third-order valence-corrected chi connectivity index (χ3v) is 13.4. The van der Waals surface area contributed by atoms with E-state index in [0.717, 1.165) is 33.4 Å². The van der Waals surface area contributed by atoms with Crippen molar-refractivity contribution in [2.24, 2.45) is 0 Å². The van der Waals surface area contributed by atoms with Crippen LogP contribution in [-0.2, 0) is 0 Å². The highest BCUT2D eigenvalue weighted by Crippen LogP contribution is 2.47. The maximum atomic E-state index is 5.02. The number of hydrogen-bond acceptors (Lipinski definition) is 1. The molecular weight excluding hydrogens is 785 g/mol. The Labute approximate surface area is 377 Å². The van der Waals surface area contributed by atoms with Gasteiger partial charge in [0.1, 0.15) is 0 Å². The van der Waals surface area contributed by atoms with Gasteiger partial charge in [-0.2, -0.15) is 0 Å². The lowest BCUT2D eigenvalue weighted by Gasteiger charge is -2.20. The zero-order valence-corrected chi connectivity index (χ0v) is 35.5. The van der Waals surface area contributed by atoms with Gasteiger partial charge in [0.05, 0.1) is 16.7 Å². The molecule has 13 rings (SSSR count). The molecule has 2 heteroatoms. The van der Waals surface area contributed by atoms with Gasteiger partial charge in [-0.15, -0.1) is 0 Å². The monoisotopic (exact) mass is 824 g/mol. The summed E-state index contributed by atoms with van der Waals surface area (Å²) < 4.78 is 2.38. The molecule has 0 N–H and O–H groups in total. The van der Waals surface area contributed by atoms with Crippen LogP contribution in [-0.4, -0.2) is 9.55 Å². The standard InChI is InChI=1S/C63H40N2/c1-4-16-41(17-5-1)43-28-29-45-39-47(31-30-44(45)38-43)60-52-24-12-14-26-54(52)61(55-27-15-13-25-53(55)60)56-34-33-49(50-22-10-11-23-51(50)56)46-32-35-58-57(40-46)62-59(65(58)48-20-8-3-9-21-48)36-37-64-63(62)42-18-6-2-7-19-42/h1-40H. The van der Waals surface area contributed by atoms with Gasteiger partial charge in [0.2, 0.25) is 0 Å². The van der Waals surface area contributed by atoms with Crippen LogP contribution in [0.1, 0.15) is 0 Å². The quantitative estimate of drug-likeness (QED) is 0.153. The number of nitrogens with zero attached hydrogens (tertiary/aromatic N) is 2. The number of hydrogen-bond donors (Lipinski definition) is 0. The molecule has 2 heterocycles. The molecule has 0 spiro atoms. The van der Waals surface area contributed by atoms with E-state index >= 15 is 0 Å². The van der Waals surface area contributed by atoms with Crippen molar-refractivity contribution in [2.75, 3.05) is 0 Å². The van der Waals surface area contributed by atoms with Crippen LogP contribution in [0, 0.1) is 0 Å². The molecular formula is C63H40N2. The van der Waals surface area contributed by atoms with Gasteiger partial charge in [0.25, 0.3) is 0 Å². The van der Waals surface area contributed by atoms with E-state index in [4.69, 9.17) is 4.98 Å². The molecule has 11 aromatic carbocycles. The van der Waals surface area contributed by atoms with Gasteiger partial charge < -0.3 is 4.57 Å². The minimum Gasteiger partial charge on any atom is -0.309 e. The topological polar surface area (TPSA) is 17.8 Å². The van der Waals surface area contributed by atoms with Crippen LogP contribution in [0.4, 0.5) is 0 Å². The third kappa shape index (κ3) is 5.99. The number of rotatable bonds is 6. The molecule has 0 saturated carbocycles. The molecule has 0 fully saturated rings. The molecule has 0 aliphatic carbocycles. The van der Waals surface area contributed by atoms with E-state index in [9.17, 15) is 0 Å². The molecule has 13 aromatic rings. The second-order valence-corrected chi connectivity index (χ2v) is 17.0. The molecule has 0 bridgehead atoms. The summed E-state index contributed by atoms with van der Waals surface area (Å²) in [6.07, 6.45) is 1.94. The lowest BCUT2D eigenvalue weighted by molar-refractivity contribution is 1.17. The van der Waals surface area contributed by atoms with Gasteiger partial charge in [-0.3, -0.25) is 4.98 Å². The van der Waals surface area contributed by atoms with Gasteiger partial charge in [-0.25, -0.2) is 0 Å². The summed E-state index contributed by atoms with van der Waals surface area (Å²) in [4.78, 5) is 5.02. The number of pyridine rings is 1. The summed E-state index contributed by atoms with van der Waals surface area (Å²) in [5, 5.41) is 12.2. The van der Waals surface area contributed by atoms with Gasteiger partial charge in [-0.05, 0) is 130 Å². The Kier molecular flexibility index (Phi) is 8.57. The highest BCUT2D eigenvalue weighted by molar-refractivity contribution is 6.25. The van der Waals surface area contributed by atoms with Crippen molar-refractivity contribution >= 4 is 64.9 Å². The highest BCUT2D eigenvalue weighted by atomic mass is 15.0. The summed E-state index contributed by atoms with van der Waals surface area (Å²) in [5.74, 6) is 0. The molecule has 0 aliphatic heterocycles. The van der Waals surface area contributed by atoms with Crippen LogP contribution >= 0.6 is 0 Å². The normalized spacial score (nSPS) is 11.7. The van der Waals surface area contributed by atoms with E-state index in [-0.39, 0.29) is 0 Å². The minimum atomic E-state index is 0.989. The summed E-state index contributed by atoms with van der Waals surface area (Å²) in [6, 6.07) is 86.4. The van der Waals surface area contributed by atoms with Gasteiger partial charge in [-0.1, -0.05) is 194 Å². The summed E-state index contributed by atoms with van der Waals surface area (Å²) >= 11 is 0. The van der Waals surface area contributed by atoms with E-state index in [2.05, 4.69) is 241 Å². The molecule has 0 radical (unpaired) electrons. The van der Waals surface area contributed by atoms with Crippen LogP contribution in [0.2, 0.25) is 0 Å². The predicted octanol–water partition coefficient (Wildman–Crippen LogP) is 17.1. The molecule has 0 aliphatic rings. The van der Waals surface area contributed by atoms with E-state index < -0.39 is 0 Å². The van der Waals surface area contributed by atoms with Crippen molar-refractivity contribution in [3.63, 3.8) is 0 Å². The summed E-state index contributed by atoms with van der Waals surface area (Å²) in [5.41, 5.74) is 15.3. The van der Waals surface area contributed by atoms with Crippen molar-refractivity contribution in [1.29, 1.82) is 0 Å². The van der Waals surface area contributed by atoms with Crippen LogP contribution < -0.4 is 0 Å². The highest BCUT2D eigenvalue weighted by Gasteiger charge is 2.21. The van der Waals surface area contributed by atoms with E-state index in [1.54, 1.807) is 0 Å². The first-order valence-electron chi connectivity index (χ1n) is 22.4. The molecule has 302 valence electrons. The Morgan fingerprint density at radius 3 is 1.46 bits per heavy atom. The molecule has 2 aromatic heterocycles. The molecule has 0 saturated heterocycles. The van der Waals surface area contributed by atoms with Crippen LogP contribution in [0.3, 0.4) is 0 Å². The smallest absolute Gasteiger partial charge is 0.0802 e. The fourth-order valence-corrected chi connectivity index (χ4v) is 10.5. The average molecular weight is 825 g/mol. The summed E-state index contributed by atoms with van der Waals surface area (Å²) in [7, 11) is 0. The Morgan fingerprint density at radius 1 is 0.292 bits per heavy atom. The van der Waals surface area contributed by atoms with Gasteiger partial charge in [0, 0.05) is 28.2 Å². The van der Waals surface area contributed by atoms with Crippen molar-refractivity contribution in [3.8, 4) is 61.5 Å². The lowest BCUT2D eigenvalue weighted by atomic mass is 9.83.